The van der Waals surface area contributed by atoms with Crippen molar-refractivity contribution in [3.05, 3.63) is 35.4 Å². The molecule has 21 heavy (non-hydrogen) atoms. The minimum Gasteiger partial charge on any atom is -0.310 e. The van der Waals surface area contributed by atoms with E-state index in [0.717, 1.165) is 32.2 Å². The number of nitrogens with zero attached hydrogens (tertiary/aromatic N) is 1. The van der Waals surface area contributed by atoms with Crippen LogP contribution in [0.3, 0.4) is 0 Å². The fraction of sp³-hybridized carbons (Fsp3) is 0.625. The summed E-state index contributed by atoms with van der Waals surface area (Å²) in [5, 5.41) is 3.66. The highest BCUT2D eigenvalue weighted by Gasteiger charge is 2.27. The first-order chi connectivity index (χ1) is 10.0. The van der Waals surface area contributed by atoms with Crippen molar-refractivity contribution in [1.29, 1.82) is 0 Å². The summed E-state index contributed by atoms with van der Waals surface area (Å²) >= 11 is 0. The Morgan fingerprint density at radius 1 is 1.29 bits per heavy atom. The zero-order chi connectivity index (χ0) is 14.9. The van der Waals surface area contributed by atoms with Crippen molar-refractivity contribution in [3.8, 4) is 0 Å². The molecule has 1 N–H and O–H groups in total. The van der Waals surface area contributed by atoms with Gasteiger partial charge in [0.15, 0.2) is 0 Å². The predicted molar refractivity (Wildman–Crippen MR) is 84.6 cm³/mol. The molecule has 2 unspecified atom stereocenters. The lowest BCUT2D eigenvalue weighted by atomic mass is 9.99. The molecule has 1 aliphatic carbocycles. The Hall–Kier alpha value is -0.910. The van der Waals surface area contributed by atoms with Crippen LogP contribution in [0.5, 0.6) is 0 Å². The molecule has 0 saturated carbocycles. The van der Waals surface area contributed by atoms with Gasteiger partial charge in [-0.15, -0.1) is 0 Å². The van der Waals surface area contributed by atoms with E-state index >= 15 is 0 Å². The zero-order valence-corrected chi connectivity index (χ0v) is 13.4. The number of nitrogens with one attached hydrogen (secondary N) is 1. The van der Waals surface area contributed by atoms with Crippen LogP contribution in [0.1, 0.15) is 36.4 Å². The fourth-order valence-electron chi connectivity index (χ4n) is 3.57. The molecule has 0 bridgehead atoms. The van der Waals surface area contributed by atoms with E-state index in [0.29, 0.717) is 25.0 Å². The van der Waals surface area contributed by atoms with Crippen LogP contribution in [0.4, 0.5) is 0 Å². The molecule has 4 nitrogen and oxygen atoms in total. The Bertz CT molecular complexity index is 600. The average Bonchev–Trinajstić information content (AvgIpc) is 2.88. The third-order valence-corrected chi connectivity index (χ3v) is 6.01. The zero-order valence-electron chi connectivity index (χ0n) is 12.6. The maximum Gasteiger partial charge on any atom is 0.211 e. The second kappa shape index (κ2) is 6.07. The number of sulfonamides is 1. The summed E-state index contributed by atoms with van der Waals surface area (Å²) in [4.78, 5) is 0. The standard InChI is InChI=1S/C16H24N2O2S/c1-21(19,20)18-10-4-5-13(12-18)11-17-16-9-8-14-6-2-3-7-15(14)16/h2-3,6-7,13,16-17H,4-5,8-12H2,1H3. The maximum atomic E-state index is 11.7. The summed E-state index contributed by atoms with van der Waals surface area (Å²) in [5.74, 6) is 0.432. The van der Waals surface area contributed by atoms with Crippen molar-refractivity contribution in [3.63, 3.8) is 0 Å². The second-order valence-electron chi connectivity index (χ2n) is 6.33. The molecule has 5 heteroatoms. The van der Waals surface area contributed by atoms with E-state index in [1.165, 1.54) is 17.4 Å². The molecule has 1 saturated heterocycles. The van der Waals surface area contributed by atoms with Crippen LogP contribution in [0, 0.1) is 5.92 Å². The molecule has 116 valence electrons. The van der Waals surface area contributed by atoms with Crippen molar-refractivity contribution in [2.24, 2.45) is 5.92 Å². The van der Waals surface area contributed by atoms with Crippen molar-refractivity contribution < 1.29 is 8.42 Å². The van der Waals surface area contributed by atoms with E-state index in [-0.39, 0.29) is 0 Å². The van der Waals surface area contributed by atoms with Crippen LogP contribution in [-0.2, 0) is 16.4 Å². The molecule has 0 spiro atoms. The monoisotopic (exact) mass is 308 g/mol. The smallest absolute Gasteiger partial charge is 0.211 e. The molecule has 2 aliphatic rings. The fourth-order valence-corrected chi connectivity index (χ4v) is 4.52. The van der Waals surface area contributed by atoms with Gasteiger partial charge in [0.1, 0.15) is 0 Å². The molecule has 1 aromatic carbocycles. The number of benzene rings is 1. The van der Waals surface area contributed by atoms with Crippen LogP contribution >= 0.6 is 0 Å². The molecular weight excluding hydrogens is 284 g/mol. The Balaban J connectivity index is 1.56. The highest BCUT2D eigenvalue weighted by molar-refractivity contribution is 7.88. The first-order valence-electron chi connectivity index (χ1n) is 7.80. The number of fused-ring (bicyclic) bond motifs is 1. The van der Waals surface area contributed by atoms with E-state index in [1.807, 2.05) is 0 Å². The van der Waals surface area contributed by atoms with Gasteiger partial charge in [-0.25, -0.2) is 12.7 Å². The minimum absolute atomic E-state index is 0.432. The number of hydrogen-bond acceptors (Lipinski definition) is 3. The summed E-state index contributed by atoms with van der Waals surface area (Å²) in [6.07, 6.45) is 5.71. The minimum atomic E-state index is -3.04. The van der Waals surface area contributed by atoms with Gasteiger partial charge in [0.25, 0.3) is 0 Å². The third-order valence-electron chi connectivity index (χ3n) is 4.74. The molecule has 1 heterocycles. The largest absolute Gasteiger partial charge is 0.310 e. The normalized spacial score (nSPS) is 26.7. The summed E-state index contributed by atoms with van der Waals surface area (Å²) in [5.41, 5.74) is 2.88. The average molecular weight is 308 g/mol. The lowest BCUT2D eigenvalue weighted by Gasteiger charge is -2.31. The van der Waals surface area contributed by atoms with Crippen molar-refractivity contribution in [2.75, 3.05) is 25.9 Å². The highest BCUT2D eigenvalue weighted by Crippen LogP contribution is 2.31. The van der Waals surface area contributed by atoms with Crippen LogP contribution < -0.4 is 5.32 Å². The summed E-state index contributed by atoms with van der Waals surface area (Å²) < 4.78 is 25.0. The first kappa shape index (κ1) is 15.0. The summed E-state index contributed by atoms with van der Waals surface area (Å²) in [6, 6.07) is 9.07. The van der Waals surface area contributed by atoms with Crippen molar-refractivity contribution in [1.82, 2.24) is 9.62 Å². The summed E-state index contributed by atoms with van der Waals surface area (Å²) in [7, 11) is -3.04. The lowest BCUT2D eigenvalue weighted by Crippen LogP contribution is -2.42. The predicted octanol–water partition coefficient (Wildman–Crippen LogP) is 1.94. The van der Waals surface area contributed by atoms with Gasteiger partial charge in [-0.05, 0) is 49.3 Å². The van der Waals surface area contributed by atoms with E-state index < -0.39 is 10.0 Å². The van der Waals surface area contributed by atoms with Crippen LogP contribution in [-0.4, -0.2) is 38.6 Å². The first-order valence-corrected chi connectivity index (χ1v) is 9.65. The van der Waals surface area contributed by atoms with Gasteiger partial charge in [-0.2, -0.15) is 0 Å². The molecule has 2 atom stereocenters. The second-order valence-corrected chi connectivity index (χ2v) is 8.31. The van der Waals surface area contributed by atoms with Gasteiger partial charge in [-0.3, -0.25) is 0 Å². The topological polar surface area (TPSA) is 49.4 Å². The van der Waals surface area contributed by atoms with Gasteiger partial charge < -0.3 is 5.32 Å². The molecule has 3 rings (SSSR count). The van der Waals surface area contributed by atoms with Gasteiger partial charge >= 0.3 is 0 Å². The van der Waals surface area contributed by atoms with Crippen LogP contribution in [0.25, 0.3) is 0 Å². The number of piperidine rings is 1. The van der Waals surface area contributed by atoms with Crippen molar-refractivity contribution >= 4 is 10.0 Å². The van der Waals surface area contributed by atoms with E-state index in [1.54, 1.807) is 4.31 Å². The van der Waals surface area contributed by atoms with Gasteiger partial charge in [0.05, 0.1) is 6.26 Å². The molecule has 1 fully saturated rings. The van der Waals surface area contributed by atoms with Gasteiger partial charge in [-0.1, -0.05) is 24.3 Å². The number of rotatable bonds is 4. The quantitative estimate of drug-likeness (QED) is 0.925. The van der Waals surface area contributed by atoms with Crippen molar-refractivity contribution in [2.45, 2.75) is 31.7 Å². The highest BCUT2D eigenvalue weighted by atomic mass is 32.2. The maximum absolute atomic E-state index is 11.7. The summed E-state index contributed by atoms with van der Waals surface area (Å²) in [6.45, 7) is 2.26. The number of hydrogen-bond donors (Lipinski definition) is 1. The van der Waals surface area contributed by atoms with E-state index in [9.17, 15) is 8.42 Å². The third kappa shape index (κ3) is 3.47. The molecule has 0 amide bonds. The SMILES string of the molecule is CS(=O)(=O)N1CCCC(CNC2CCc3ccccc32)C1. The molecule has 1 aliphatic heterocycles. The lowest BCUT2D eigenvalue weighted by molar-refractivity contribution is 0.255. The molecule has 1 aromatic rings. The van der Waals surface area contributed by atoms with E-state index in [2.05, 4.69) is 29.6 Å². The van der Waals surface area contributed by atoms with Gasteiger partial charge in [0, 0.05) is 19.1 Å². The van der Waals surface area contributed by atoms with E-state index in [4.69, 9.17) is 0 Å². The van der Waals surface area contributed by atoms with Crippen LogP contribution in [0.2, 0.25) is 0 Å². The molecular formula is C16H24N2O2S. The Labute approximate surface area is 127 Å². The number of aryl methyl sites for hydroxylation is 1. The molecule has 0 radical (unpaired) electrons. The Morgan fingerprint density at radius 2 is 2.10 bits per heavy atom. The Morgan fingerprint density at radius 3 is 2.90 bits per heavy atom. The molecule has 0 aromatic heterocycles. The Kier molecular flexibility index (Phi) is 4.33. The van der Waals surface area contributed by atoms with Gasteiger partial charge in [0.2, 0.25) is 10.0 Å². The van der Waals surface area contributed by atoms with Crippen LogP contribution in [0.15, 0.2) is 24.3 Å².